The number of hydrogen-bond acceptors (Lipinski definition) is 4. The molecule has 0 saturated carbocycles. The third-order valence-corrected chi connectivity index (χ3v) is 3.54. The van der Waals surface area contributed by atoms with E-state index >= 15 is 0 Å². The van der Waals surface area contributed by atoms with Crippen LogP contribution < -0.4 is 0 Å². The fraction of sp³-hybridized carbons (Fsp3) is 0.667. The summed E-state index contributed by atoms with van der Waals surface area (Å²) in [5, 5.41) is 13.9. The molecule has 1 N–H and O–H groups in total. The molecule has 1 fully saturated rings. The number of aliphatic hydroxyl groups is 1. The van der Waals surface area contributed by atoms with Crippen molar-refractivity contribution in [3.05, 3.63) is 17.0 Å². The van der Waals surface area contributed by atoms with Gasteiger partial charge in [0.15, 0.2) is 0 Å². The Morgan fingerprint density at radius 2 is 2.06 bits per heavy atom. The summed E-state index contributed by atoms with van der Waals surface area (Å²) in [7, 11) is 0. The van der Waals surface area contributed by atoms with Crippen molar-refractivity contribution in [1.82, 2.24) is 10.1 Å². The molecule has 1 aromatic rings. The number of β-amino-alcohol motifs (C(OH)–C–C–N with tert-alkyl or cyclic N) is 1. The van der Waals surface area contributed by atoms with Crippen molar-refractivity contribution in [2.45, 2.75) is 33.3 Å². The molecular weight excluding hydrogens is 220 g/mol. The van der Waals surface area contributed by atoms with Crippen molar-refractivity contribution in [2.75, 3.05) is 13.1 Å². The second kappa shape index (κ2) is 3.84. The Hall–Kier alpha value is -1.36. The molecule has 0 atom stereocenters. The van der Waals surface area contributed by atoms with E-state index < -0.39 is 5.60 Å². The maximum atomic E-state index is 12.2. The first kappa shape index (κ1) is 12.1. The fourth-order valence-corrected chi connectivity index (χ4v) is 2.07. The monoisotopic (exact) mass is 238 g/mol. The summed E-state index contributed by atoms with van der Waals surface area (Å²) in [6, 6.07) is 0. The highest BCUT2D eigenvalue weighted by Crippen LogP contribution is 2.30. The number of aromatic nitrogens is 1. The third-order valence-electron chi connectivity index (χ3n) is 3.54. The first-order valence-corrected chi connectivity index (χ1v) is 5.79. The number of aryl methyl sites for hydroxylation is 2. The molecule has 94 valence electrons. The predicted molar refractivity (Wildman–Crippen MR) is 61.7 cm³/mol. The van der Waals surface area contributed by atoms with Crippen LogP contribution in [0.5, 0.6) is 0 Å². The van der Waals surface area contributed by atoms with Crippen molar-refractivity contribution in [1.29, 1.82) is 0 Å². The van der Waals surface area contributed by atoms with Gasteiger partial charge in [0, 0.05) is 0 Å². The minimum Gasteiger partial charge on any atom is -0.386 e. The highest BCUT2D eigenvalue weighted by molar-refractivity contribution is 5.96. The van der Waals surface area contributed by atoms with Crippen molar-refractivity contribution in [3.8, 4) is 0 Å². The molecule has 0 bridgehead atoms. The summed E-state index contributed by atoms with van der Waals surface area (Å²) in [6.45, 7) is 8.15. The molecule has 2 rings (SSSR count). The Bertz CT molecular complexity index is 425. The molecule has 2 heterocycles. The van der Waals surface area contributed by atoms with Gasteiger partial charge in [-0.2, -0.15) is 0 Å². The Balaban J connectivity index is 2.10. The number of carbonyl (C=O) groups excluding carboxylic acids is 1. The lowest BCUT2D eigenvalue weighted by atomic mass is 9.82. The molecule has 1 aliphatic rings. The fourth-order valence-electron chi connectivity index (χ4n) is 2.07. The van der Waals surface area contributed by atoms with Crippen LogP contribution in [0.4, 0.5) is 0 Å². The summed E-state index contributed by atoms with van der Waals surface area (Å²) in [5.41, 5.74) is 0.387. The lowest BCUT2D eigenvalue weighted by Gasteiger charge is -2.48. The van der Waals surface area contributed by atoms with Gasteiger partial charge in [-0.05, 0) is 19.8 Å². The lowest BCUT2D eigenvalue weighted by molar-refractivity contribution is -0.110. The molecule has 0 aromatic carbocycles. The summed E-state index contributed by atoms with van der Waals surface area (Å²) in [5.74, 6) is 0.579. The van der Waals surface area contributed by atoms with E-state index in [2.05, 4.69) is 5.16 Å². The van der Waals surface area contributed by atoms with Gasteiger partial charge in [-0.25, -0.2) is 0 Å². The molecule has 0 unspecified atom stereocenters. The van der Waals surface area contributed by atoms with Crippen LogP contribution in [0.2, 0.25) is 0 Å². The van der Waals surface area contributed by atoms with Gasteiger partial charge in [0.05, 0.1) is 18.8 Å². The van der Waals surface area contributed by atoms with E-state index in [9.17, 15) is 9.90 Å². The van der Waals surface area contributed by atoms with Gasteiger partial charge in [-0.3, -0.25) is 4.79 Å². The zero-order valence-electron chi connectivity index (χ0n) is 10.6. The van der Waals surface area contributed by atoms with Gasteiger partial charge in [0.25, 0.3) is 5.91 Å². The van der Waals surface area contributed by atoms with Gasteiger partial charge in [-0.1, -0.05) is 19.0 Å². The van der Waals surface area contributed by atoms with Gasteiger partial charge in [0.2, 0.25) is 0 Å². The second-order valence-corrected chi connectivity index (χ2v) is 5.12. The zero-order chi connectivity index (χ0) is 12.8. The van der Waals surface area contributed by atoms with Crippen LogP contribution in [0.3, 0.4) is 0 Å². The van der Waals surface area contributed by atoms with Crippen LogP contribution in [-0.2, 0) is 0 Å². The lowest BCUT2D eigenvalue weighted by Crippen LogP contribution is -2.66. The van der Waals surface area contributed by atoms with E-state index in [-0.39, 0.29) is 11.8 Å². The molecule has 1 aliphatic heterocycles. The van der Waals surface area contributed by atoms with E-state index in [0.717, 1.165) is 0 Å². The van der Waals surface area contributed by atoms with Gasteiger partial charge in [-0.15, -0.1) is 0 Å². The molecule has 5 heteroatoms. The molecular formula is C12H18N2O3. The number of nitrogens with zero attached hydrogens (tertiary/aromatic N) is 2. The number of amides is 1. The van der Waals surface area contributed by atoms with E-state index in [1.54, 1.807) is 18.7 Å². The molecule has 1 amide bonds. The van der Waals surface area contributed by atoms with Crippen LogP contribution in [0.1, 0.15) is 35.7 Å². The van der Waals surface area contributed by atoms with Crippen molar-refractivity contribution in [2.24, 2.45) is 5.92 Å². The minimum absolute atomic E-state index is 0.105. The highest BCUT2D eigenvalue weighted by atomic mass is 16.5. The van der Waals surface area contributed by atoms with E-state index in [1.807, 2.05) is 13.8 Å². The topological polar surface area (TPSA) is 66.6 Å². The molecule has 0 spiro atoms. The zero-order valence-corrected chi connectivity index (χ0v) is 10.6. The molecule has 1 aromatic heterocycles. The molecule has 5 nitrogen and oxygen atoms in total. The Kier molecular flexibility index (Phi) is 2.73. The van der Waals surface area contributed by atoms with E-state index in [4.69, 9.17) is 4.52 Å². The highest BCUT2D eigenvalue weighted by Gasteiger charge is 2.46. The van der Waals surface area contributed by atoms with E-state index in [0.29, 0.717) is 30.1 Å². The Labute approximate surface area is 100 Å². The first-order valence-electron chi connectivity index (χ1n) is 5.79. The Morgan fingerprint density at radius 3 is 2.47 bits per heavy atom. The molecule has 0 radical (unpaired) electrons. The summed E-state index contributed by atoms with van der Waals surface area (Å²) in [4.78, 5) is 13.8. The standard InChI is InChI=1S/C12H18N2O3/c1-7(2)12(16)5-14(6-12)11(15)10-8(3)13-17-9(10)4/h7,16H,5-6H2,1-4H3. The van der Waals surface area contributed by atoms with Crippen molar-refractivity contribution in [3.63, 3.8) is 0 Å². The average Bonchev–Trinajstić information content (AvgIpc) is 2.52. The van der Waals surface area contributed by atoms with Crippen LogP contribution in [0.15, 0.2) is 4.52 Å². The predicted octanol–water partition coefficient (Wildman–Crippen LogP) is 1.13. The second-order valence-electron chi connectivity index (χ2n) is 5.12. The van der Waals surface area contributed by atoms with Crippen LogP contribution in [0, 0.1) is 19.8 Å². The number of rotatable bonds is 2. The van der Waals surface area contributed by atoms with Crippen LogP contribution in [-0.4, -0.2) is 39.8 Å². The number of likely N-dealkylation sites (tertiary alicyclic amines) is 1. The third kappa shape index (κ3) is 1.84. The summed E-state index contributed by atoms with van der Waals surface area (Å²) >= 11 is 0. The van der Waals surface area contributed by atoms with Crippen molar-refractivity contribution < 1.29 is 14.4 Å². The van der Waals surface area contributed by atoms with Crippen LogP contribution >= 0.6 is 0 Å². The average molecular weight is 238 g/mol. The Morgan fingerprint density at radius 1 is 1.47 bits per heavy atom. The first-order chi connectivity index (χ1) is 7.85. The van der Waals surface area contributed by atoms with Gasteiger partial charge in [0.1, 0.15) is 16.9 Å². The quantitative estimate of drug-likeness (QED) is 0.838. The minimum atomic E-state index is -0.741. The molecule has 1 saturated heterocycles. The maximum Gasteiger partial charge on any atom is 0.259 e. The number of carbonyl (C=O) groups is 1. The molecule has 17 heavy (non-hydrogen) atoms. The van der Waals surface area contributed by atoms with Crippen molar-refractivity contribution >= 4 is 5.91 Å². The number of hydrogen-bond donors (Lipinski definition) is 1. The SMILES string of the molecule is Cc1noc(C)c1C(=O)N1CC(O)(C(C)C)C1. The van der Waals surface area contributed by atoms with Gasteiger partial charge < -0.3 is 14.5 Å². The smallest absolute Gasteiger partial charge is 0.259 e. The van der Waals surface area contributed by atoms with Crippen LogP contribution in [0.25, 0.3) is 0 Å². The van der Waals surface area contributed by atoms with Gasteiger partial charge >= 0.3 is 0 Å². The molecule has 0 aliphatic carbocycles. The normalized spacial score (nSPS) is 18.4. The largest absolute Gasteiger partial charge is 0.386 e. The maximum absolute atomic E-state index is 12.2. The summed E-state index contributed by atoms with van der Waals surface area (Å²) < 4.78 is 4.97. The van der Waals surface area contributed by atoms with E-state index in [1.165, 1.54) is 0 Å². The summed E-state index contributed by atoms with van der Waals surface area (Å²) in [6.07, 6.45) is 0.